The topological polar surface area (TPSA) is 94.5 Å². The Morgan fingerprint density at radius 1 is 1.29 bits per heavy atom. The molecule has 0 spiro atoms. The highest BCUT2D eigenvalue weighted by atomic mass is 79.9. The summed E-state index contributed by atoms with van der Waals surface area (Å²) in [6.07, 6.45) is 1.86. The molecule has 2 heterocycles. The van der Waals surface area contributed by atoms with Crippen LogP contribution in [0.1, 0.15) is 36.8 Å². The number of rotatable bonds is 7. The van der Waals surface area contributed by atoms with Crippen molar-refractivity contribution in [3.63, 3.8) is 0 Å². The smallest absolute Gasteiger partial charge is 0.240 e. The molecule has 148 valence electrons. The Labute approximate surface area is 172 Å². The fourth-order valence-electron chi connectivity index (χ4n) is 2.70. The first-order valence-corrected chi connectivity index (χ1v) is 9.77. The summed E-state index contributed by atoms with van der Waals surface area (Å²) in [5.41, 5.74) is 7.87. The highest BCUT2D eigenvalue weighted by Crippen LogP contribution is 2.19. The lowest BCUT2D eigenvalue weighted by Gasteiger charge is -2.23. The Hall–Kier alpha value is -2.29. The van der Waals surface area contributed by atoms with E-state index in [1.807, 2.05) is 53.9 Å². The Kier molecular flexibility index (Phi) is 6.12. The van der Waals surface area contributed by atoms with Gasteiger partial charge in [-0.2, -0.15) is 0 Å². The predicted octanol–water partition coefficient (Wildman–Crippen LogP) is 2.91. The van der Waals surface area contributed by atoms with Crippen LogP contribution in [0.4, 0.5) is 0 Å². The van der Waals surface area contributed by atoms with E-state index in [-0.39, 0.29) is 12.5 Å². The van der Waals surface area contributed by atoms with Gasteiger partial charge in [0, 0.05) is 10.7 Å². The summed E-state index contributed by atoms with van der Waals surface area (Å²) in [4.78, 5) is 12.5. The van der Waals surface area contributed by atoms with Crippen molar-refractivity contribution in [1.29, 1.82) is 0 Å². The Balaban J connectivity index is 1.83. The lowest BCUT2D eigenvalue weighted by atomic mass is 10.1. The summed E-state index contributed by atoms with van der Waals surface area (Å²) in [6, 6.07) is 11.3. The summed E-state index contributed by atoms with van der Waals surface area (Å²) in [7, 11) is 0. The van der Waals surface area contributed by atoms with E-state index in [9.17, 15) is 4.79 Å². The van der Waals surface area contributed by atoms with E-state index in [0.29, 0.717) is 18.1 Å². The SMILES string of the molecule is Cc1ccccc1COC[C@@H](NC(=O)C(C)(C)N)c1nnc2ccc(Br)cn12. The van der Waals surface area contributed by atoms with E-state index < -0.39 is 11.6 Å². The number of carbonyl (C=O) groups excluding carboxylic acids is 1. The third kappa shape index (κ3) is 4.76. The van der Waals surface area contributed by atoms with Crippen LogP contribution in [0, 0.1) is 6.92 Å². The Morgan fingerprint density at radius 2 is 2.04 bits per heavy atom. The van der Waals surface area contributed by atoms with Gasteiger partial charge in [-0.05, 0) is 60.0 Å². The van der Waals surface area contributed by atoms with Crippen LogP contribution in [0.15, 0.2) is 47.1 Å². The van der Waals surface area contributed by atoms with E-state index in [2.05, 4.69) is 31.4 Å². The quantitative estimate of drug-likeness (QED) is 0.582. The molecule has 0 unspecified atom stereocenters. The molecule has 0 fully saturated rings. The zero-order valence-electron chi connectivity index (χ0n) is 16.1. The van der Waals surface area contributed by atoms with Gasteiger partial charge in [-0.3, -0.25) is 9.20 Å². The molecule has 3 rings (SSSR count). The highest BCUT2D eigenvalue weighted by Gasteiger charge is 2.28. The number of aryl methyl sites for hydroxylation is 1. The zero-order chi connectivity index (χ0) is 20.3. The average molecular weight is 446 g/mol. The van der Waals surface area contributed by atoms with E-state index in [1.54, 1.807) is 13.8 Å². The average Bonchev–Trinajstić information content (AvgIpc) is 3.04. The minimum atomic E-state index is -1.02. The van der Waals surface area contributed by atoms with Gasteiger partial charge in [0.05, 0.1) is 18.8 Å². The maximum Gasteiger partial charge on any atom is 0.240 e. The molecule has 3 aromatic rings. The van der Waals surface area contributed by atoms with E-state index in [1.165, 1.54) is 0 Å². The second kappa shape index (κ2) is 8.38. The van der Waals surface area contributed by atoms with Crippen molar-refractivity contribution in [3.8, 4) is 0 Å². The third-order valence-corrected chi connectivity index (χ3v) is 4.87. The molecule has 1 aromatic carbocycles. The molecule has 0 saturated heterocycles. The number of amides is 1. The number of aromatic nitrogens is 3. The molecule has 0 aliphatic heterocycles. The maximum atomic E-state index is 12.5. The normalized spacial score (nSPS) is 12.9. The van der Waals surface area contributed by atoms with E-state index in [0.717, 1.165) is 15.6 Å². The number of halogens is 1. The van der Waals surface area contributed by atoms with E-state index >= 15 is 0 Å². The van der Waals surface area contributed by atoms with Gasteiger partial charge in [0.25, 0.3) is 0 Å². The van der Waals surface area contributed by atoms with Crippen molar-refractivity contribution < 1.29 is 9.53 Å². The summed E-state index contributed by atoms with van der Waals surface area (Å²) >= 11 is 3.46. The molecule has 2 aromatic heterocycles. The van der Waals surface area contributed by atoms with Gasteiger partial charge in [-0.1, -0.05) is 24.3 Å². The fraction of sp³-hybridized carbons (Fsp3) is 0.350. The van der Waals surface area contributed by atoms with Gasteiger partial charge in [0.2, 0.25) is 5.91 Å². The van der Waals surface area contributed by atoms with Crippen molar-refractivity contribution in [2.45, 2.75) is 39.0 Å². The van der Waals surface area contributed by atoms with Crippen molar-refractivity contribution in [2.24, 2.45) is 5.73 Å². The molecule has 28 heavy (non-hydrogen) atoms. The molecular formula is C20H24BrN5O2. The van der Waals surface area contributed by atoms with Crippen LogP contribution >= 0.6 is 15.9 Å². The molecular weight excluding hydrogens is 422 g/mol. The summed E-state index contributed by atoms with van der Waals surface area (Å²) in [6.45, 7) is 6.03. The minimum absolute atomic E-state index is 0.240. The van der Waals surface area contributed by atoms with Crippen LogP contribution in [0.3, 0.4) is 0 Å². The number of fused-ring (bicyclic) bond motifs is 1. The number of nitrogens with zero attached hydrogens (tertiary/aromatic N) is 3. The van der Waals surface area contributed by atoms with Crippen molar-refractivity contribution >= 4 is 27.5 Å². The van der Waals surface area contributed by atoms with Crippen LogP contribution in [-0.4, -0.2) is 32.7 Å². The zero-order valence-corrected chi connectivity index (χ0v) is 17.7. The van der Waals surface area contributed by atoms with Crippen LogP contribution in [0.25, 0.3) is 5.65 Å². The molecule has 0 bridgehead atoms. The van der Waals surface area contributed by atoms with E-state index in [4.69, 9.17) is 10.5 Å². The predicted molar refractivity (Wildman–Crippen MR) is 111 cm³/mol. The van der Waals surface area contributed by atoms with Crippen LogP contribution in [0.2, 0.25) is 0 Å². The van der Waals surface area contributed by atoms with Crippen molar-refractivity contribution in [2.75, 3.05) is 6.61 Å². The number of hydrogen-bond donors (Lipinski definition) is 2. The van der Waals surface area contributed by atoms with Crippen LogP contribution in [0.5, 0.6) is 0 Å². The number of nitrogens with two attached hydrogens (primary N) is 1. The lowest BCUT2D eigenvalue weighted by molar-refractivity contribution is -0.126. The first kappa shape index (κ1) is 20.4. The van der Waals surface area contributed by atoms with Gasteiger partial charge >= 0.3 is 0 Å². The largest absolute Gasteiger partial charge is 0.374 e. The van der Waals surface area contributed by atoms with Crippen LogP contribution in [-0.2, 0) is 16.1 Å². The highest BCUT2D eigenvalue weighted by molar-refractivity contribution is 9.10. The van der Waals surface area contributed by atoms with Crippen molar-refractivity contribution in [1.82, 2.24) is 19.9 Å². The number of carbonyl (C=O) groups is 1. The van der Waals surface area contributed by atoms with Crippen LogP contribution < -0.4 is 11.1 Å². The molecule has 3 N–H and O–H groups in total. The fourth-order valence-corrected chi connectivity index (χ4v) is 3.04. The van der Waals surface area contributed by atoms with Gasteiger partial charge in [0.15, 0.2) is 11.5 Å². The van der Waals surface area contributed by atoms with Gasteiger partial charge in [0.1, 0.15) is 6.04 Å². The molecule has 0 aliphatic carbocycles. The van der Waals surface area contributed by atoms with Gasteiger partial charge < -0.3 is 15.8 Å². The first-order chi connectivity index (χ1) is 13.3. The van der Waals surface area contributed by atoms with Gasteiger partial charge in [-0.25, -0.2) is 0 Å². The number of benzene rings is 1. The summed E-state index contributed by atoms with van der Waals surface area (Å²) < 4.78 is 8.64. The molecule has 7 nitrogen and oxygen atoms in total. The Morgan fingerprint density at radius 3 is 2.75 bits per heavy atom. The molecule has 8 heteroatoms. The molecule has 1 amide bonds. The molecule has 1 atom stereocenters. The second-order valence-electron chi connectivity index (χ2n) is 7.32. The Bertz CT molecular complexity index is 980. The lowest BCUT2D eigenvalue weighted by Crippen LogP contribution is -2.50. The summed E-state index contributed by atoms with van der Waals surface area (Å²) in [5.74, 6) is 0.294. The molecule has 0 radical (unpaired) electrons. The van der Waals surface area contributed by atoms with Crippen molar-refractivity contribution in [3.05, 3.63) is 64.0 Å². The standard InChI is InChI=1S/C20H24BrN5O2/c1-13-6-4-5-7-14(13)11-28-12-16(23-19(27)20(2,3)22)18-25-24-17-9-8-15(21)10-26(17)18/h4-10,16H,11-12,22H2,1-3H3,(H,23,27)/t16-/m1/s1. The molecule has 0 aliphatic rings. The number of nitrogens with one attached hydrogen (secondary N) is 1. The monoisotopic (exact) mass is 445 g/mol. The second-order valence-corrected chi connectivity index (χ2v) is 8.24. The maximum absolute atomic E-state index is 12.5. The third-order valence-electron chi connectivity index (χ3n) is 4.40. The summed E-state index contributed by atoms with van der Waals surface area (Å²) in [5, 5.41) is 11.4. The van der Waals surface area contributed by atoms with Gasteiger partial charge in [-0.15, -0.1) is 10.2 Å². The number of hydrogen-bond acceptors (Lipinski definition) is 5. The number of pyridine rings is 1. The minimum Gasteiger partial charge on any atom is -0.374 e. The molecule has 0 saturated carbocycles. The number of ether oxygens (including phenoxy) is 1. The first-order valence-electron chi connectivity index (χ1n) is 8.98.